The summed E-state index contributed by atoms with van der Waals surface area (Å²) in [6.07, 6.45) is 3.56. The lowest BCUT2D eigenvalue weighted by molar-refractivity contribution is 0.0961. The molecule has 31 heavy (non-hydrogen) atoms. The molecule has 8 nitrogen and oxygen atoms in total. The van der Waals surface area contributed by atoms with Crippen molar-refractivity contribution in [1.29, 1.82) is 0 Å². The van der Waals surface area contributed by atoms with Crippen LogP contribution in [0.2, 0.25) is 5.02 Å². The summed E-state index contributed by atoms with van der Waals surface area (Å²) in [4.78, 5) is 28.7. The molecule has 160 valence electrons. The first-order valence-corrected chi connectivity index (χ1v) is 10.1. The Balaban J connectivity index is 1.61. The summed E-state index contributed by atoms with van der Waals surface area (Å²) in [6.45, 7) is 0. The molecule has 1 aliphatic rings. The molecular formula is C22H21ClN4O4. The van der Waals surface area contributed by atoms with E-state index in [0.717, 1.165) is 12.8 Å². The number of ether oxygens (including phenoxy) is 2. The molecule has 0 atom stereocenters. The van der Waals surface area contributed by atoms with Gasteiger partial charge in [0.25, 0.3) is 5.91 Å². The number of carbonyl (C=O) groups excluding carboxylic acids is 2. The Morgan fingerprint density at radius 1 is 1.13 bits per heavy atom. The number of halogens is 1. The molecular weight excluding hydrogens is 420 g/mol. The van der Waals surface area contributed by atoms with E-state index in [1.54, 1.807) is 49.6 Å². The van der Waals surface area contributed by atoms with E-state index in [4.69, 9.17) is 21.1 Å². The molecule has 3 N–H and O–H groups in total. The molecule has 0 aliphatic heterocycles. The molecule has 1 aliphatic carbocycles. The van der Waals surface area contributed by atoms with Crippen molar-refractivity contribution in [2.45, 2.75) is 18.9 Å². The van der Waals surface area contributed by atoms with Crippen LogP contribution in [-0.2, 0) is 0 Å². The van der Waals surface area contributed by atoms with Crippen molar-refractivity contribution in [3.05, 3.63) is 53.2 Å². The van der Waals surface area contributed by atoms with Crippen molar-refractivity contribution in [3.63, 3.8) is 0 Å². The van der Waals surface area contributed by atoms with Crippen LogP contribution in [0.15, 0.2) is 42.6 Å². The third-order valence-electron chi connectivity index (χ3n) is 4.84. The number of benzene rings is 2. The SMILES string of the molecule is CNC(=O)c1c(OC)ccc2c(Oc3ccc(NC(=O)NC4CC4)c(Cl)c3)ccnc12. The number of pyridine rings is 1. The van der Waals surface area contributed by atoms with Crippen LogP contribution in [0.3, 0.4) is 0 Å². The molecule has 3 amide bonds. The molecule has 1 saturated carbocycles. The Labute approximate surface area is 183 Å². The molecule has 0 bridgehead atoms. The van der Waals surface area contributed by atoms with Crippen LogP contribution in [0.4, 0.5) is 10.5 Å². The predicted molar refractivity (Wildman–Crippen MR) is 118 cm³/mol. The molecule has 4 rings (SSSR count). The molecule has 0 unspecified atom stereocenters. The first kappa shape index (κ1) is 20.7. The number of anilines is 1. The zero-order valence-corrected chi connectivity index (χ0v) is 17.7. The first-order valence-electron chi connectivity index (χ1n) is 9.73. The topological polar surface area (TPSA) is 102 Å². The fourth-order valence-corrected chi connectivity index (χ4v) is 3.36. The fourth-order valence-electron chi connectivity index (χ4n) is 3.14. The van der Waals surface area contributed by atoms with Crippen LogP contribution in [-0.4, -0.2) is 37.1 Å². The molecule has 3 aromatic rings. The molecule has 0 radical (unpaired) electrons. The van der Waals surface area contributed by atoms with Gasteiger partial charge < -0.3 is 25.4 Å². The van der Waals surface area contributed by atoms with E-state index >= 15 is 0 Å². The maximum absolute atomic E-state index is 12.4. The highest BCUT2D eigenvalue weighted by atomic mass is 35.5. The Bertz CT molecular complexity index is 1160. The van der Waals surface area contributed by atoms with Crippen LogP contribution >= 0.6 is 11.6 Å². The number of nitrogens with one attached hydrogen (secondary N) is 3. The minimum atomic E-state index is -0.310. The van der Waals surface area contributed by atoms with Gasteiger partial charge in [-0.25, -0.2) is 4.79 Å². The number of amides is 3. The molecule has 1 aromatic heterocycles. The second kappa shape index (κ2) is 8.69. The number of nitrogens with zero attached hydrogens (tertiary/aromatic N) is 1. The van der Waals surface area contributed by atoms with Gasteiger partial charge >= 0.3 is 6.03 Å². The molecule has 2 aromatic carbocycles. The van der Waals surface area contributed by atoms with E-state index in [-0.39, 0.29) is 18.0 Å². The van der Waals surface area contributed by atoms with Crippen molar-refractivity contribution < 1.29 is 19.1 Å². The monoisotopic (exact) mass is 440 g/mol. The molecule has 0 spiro atoms. The number of urea groups is 1. The number of fused-ring (bicyclic) bond motifs is 1. The van der Waals surface area contributed by atoms with E-state index in [2.05, 4.69) is 20.9 Å². The second-order valence-electron chi connectivity index (χ2n) is 7.04. The largest absolute Gasteiger partial charge is 0.496 e. The fraction of sp³-hybridized carbons (Fsp3) is 0.227. The summed E-state index contributed by atoms with van der Waals surface area (Å²) in [6, 6.07) is 10.1. The van der Waals surface area contributed by atoms with Crippen molar-refractivity contribution in [2.75, 3.05) is 19.5 Å². The molecule has 1 heterocycles. The highest BCUT2D eigenvalue weighted by Crippen LogP contribution is 2.36. The van der Waals surface area contributed by atoms with Crippen molar-refractivity contribution in [3.8, 4) is 17.2 Å². The first-order chi connectivity index (χ1) is 15.0. The number of methoxy groups -OCH3 is 1. The normalized spacial score (nSPS) is 12.9. The lowest BCUT2D eigenvalue weighted by Crippen LogP contribution is -2.30. The third kappa shape index (κ3) is 4.49. The maximum Gasteiger partial charge on any atom is 0.319 e. The summed E-state index contributed by atoms with van der Waals surface area (Å²) in [5.74, 6) is 1.08. The van der Waals surface area contributed by atoms with Gasteiger partial charge in [-0.05, 0) is 43.2 Å². The van der Waals surface area contributed by atoms with Crippen molar-refractivity contribution in [1.82, 2.24) is 15.6 Å². The highest BCUT2D eigenvalue weighted by molar-refractivity contribution is 6.33. The number of rotatable bonds is 6. The average Bonchev–Trinajstić information content (AvgIpc) is 3.58. The lowest BCUT2D eigenvalue weighted by atomic mass is 10.1. The quantitative estimate of drug-likeness (QED) is 0.529. The van der Waals surface area contributed by atoms with E-state index in [1.165, 1.54) is 7.11 Å². The Hall–Kier alpha value is -3.52. The smallest absolute Gasteiger partial charge is 0.319 e. The van der Waals surface area contributed by atoms with Crippen molar-refractivity contribution in [2.24, 2.45) is 0 Å². The van der Waals surface area contributed by atoms with Gasteiger partial charge in [0.05, 0.1) is 23.3 Å². The van der Waals surface area contributed by atoms with E-state index in [0.29, 0.717) is 44.4 Å². The van der Waals surface area contributed by atoms with E-state index in [1.807, 2.05) is 0 Å². The minimum Gasteiger partial charge on any atom is -0.496 e. The summed E-state index contributed by atoms with van der Waals surface area (Å²) in [5, 5.41) is 9.17. The molecule has 9 heteroatoms. The number of aromatic nitrogens is 1. The molecule has 0 saturated heterocycles. The summed E-state index contributed by atoms with van der Waals surface area (Å²) < 4.78 is 11.3. The maximum atomic E-state index is 12.4. The third-order valence-corrected chi connectivity index (χ3v) is 5.15. The van der Waals surface area contributed by atoms with Crippen molar-refractivity contribution >= 4 is 40.1 Å². The zero-order chi connectivity index (χ0) is 22.0. The van der Waals surface area contributed by atoms with Crippen LogP contribution in [0.25, 0.3) is 10.9 Å². The van der Waals surface area contributed by atoms with Gasteiger partial charge in [0.1, 0.15) is 22.8 Å². The zero-order valence-electron chi connectivity index (χ0n) is 17.0. The Morgan fingerprint density at radius 3 is 2.61 bits per heavy atom. The van der Waals surface area contributed by atoms with Gasteiger partial charge in [-0.3, -0.25) is 9.78 Å². The number of hydrogen-bond acceptors (Lipinski definition) is 5. The van der Waals surface area contributed by atoms with Gasteiger partial charge in [-0.2, -0.15) is 0 Å². The second-order valence-corrected chi connectivity index (χ2v) is 7.45. The van der Waals surface area contributed by atoms with E-state index in [9.17, 15) is 9.59 Å². The van der Waals surface area contributed by atoms with Gasteiger partial charge in [0.15, 0.2) is 0 Å². The molecule has 1 fully saturated rings. The number of hydrogen-bond donors (Lipinski definition) is 3. The van der Waals surface area contributed by atoms with Gasteiger partial charge in [-0.1, -0.05) is 11.6 Å². The minimum absolute atomic E-state index is 0.250. The summed E-state index contributed by atoms with van der Waals surface area (Å²) in [7, 11) is 3.04. The van der Waals surface area contributed by atoms with Gasteiger partial charge in [0, 0.05) is 30.7 Å². The van der Waals surface area contributed by atoms with Crippen LogP contribution in [0, 0.1) is 0 Å². The standard InChI is InChI=1S/C22H21ClN4O4/c1-24-21(28)19-18(30-2)8-6-14-17(9-10-25-20(14)19)31-13-5-7-16(15(23)11-13)27-22(29)26-12-3-4-12/h5-12H,3-4H2,1-2H3,(H,24,28)(H2,26,27,29). The highest BCUT2D eigenvalue weighted by Gasteiger charge is 2.23. The Kier molecular flexibility index (Phi) is 5.81. The average molecular weight is 441 g/mol. The van der Waals surface area contributed by atoms with Gasteiger partial charge in [-0.15, -0.1) is 0 Å². The number of carbonyl (C=O) groups is 2. The summed E-state index contributed by atoms with van der Waals surface area (Å²) in [5.41, 5.74) is 1.27. The lowest BCUT2D eigenvalue weighted by Gasteiger charge is -2.14. The van der Waals surface area contributed by atoms with Crippen LogP contribution in [0.1, 0.15) is 23.2 Å². The summed E-state index contributed by atoms with van der Waals surface area (Å²) >= 11 is 6.33. The predicted octanol–water partition coefficient (Wildman–Crippen LogP) is 4.33. The van der Waals surface area contributed by atoms with Crippen LogP contribution < -0.4 is 25.4 Å². The Morgan fingerprint density at radius 2 is 1.94 bits per heavy atom. The van der Waals surface area contributed by atoms with Crippen LogP contribution in [0.5, 0.6) is 17.2 Å². The van der Waals surface area contributed by atoms with E-state index < -0.39 is 0 Å². The van der Waals surface area contributed by atoms with Gasteiger partial charge in [0.2, 0.25) is 0 Å².